The lowest BCUT2D eigenvalue weighted by Gasteiger charge is -2.23. The Morgan fingerprint density at radius 2 is 2.00 bits per heavy atom. The van der Waals surface area contributed by atoms with Crippen molar-refractivity contribution in [3.8, 4) is 0 Å². The average molecular weight is 188 g/mol. The van der Waals surface area contributed by atoms with E-state index in [9.17, 15) is 9.59 Å². The minimum atomic E-state index is -0.866. The average Bonchev–Trinajstić information content (AvgIpc) is 1.96. The zero-order valence-corrected chi connectivity index (χ0v) is 7.99. The van der Waals surface area contributed by atoms with Crippen molar-refractivity contribution < 1.29 is 14.7 Å². The van der Waals surface area contributed by atoms with Gasteiger partial charge in [0.25, 0.3) is 0 Å². The number of hydrogen-bond acceptors (Lipinski definition) is 3. The third-order valence-corrected chi connectivity index (χ3v) is 1.70. The molecule has 0 saturated heterocycles. The second-order valence-electron chi connectivity index (χ2n) is 3.17. The van der Waals surface area contributed by atoms with Crippen molar-refractivity contribution in [3.05, 3.63) is 0 Å². The molecule has 0 unspecified atom stereocenters. The van der Waals surface area contributed by atoms with Gasteiger partial charge >= 0.3 is 5.97 Å². The Morgan fingerprint density at radius 1 is 1.46 bits per heavy atom. The van der Waals surface area contributed by atoms with Crippen LogP contribution in [0.5, 0.6) is 0 Å². The molecule has 0 heterocycles. The number of aliphatic carboxylic acids is 1. The number of rotatable bonds is 6. The van der Waals surface area contributed by atoms with E-state index in [1.807, 2.05) is 13.8 Å². The van der Waals surface area contributed by atoms with Crippen LogP contribution in [-0.2, 0) is 9.59 Å². The molecule has 0 fully saturated rings. The van der Waals surface area contributed by atoms with Gasteiger partial charge in [-0.15, -0.1) is 0 Å². The fourth-order valence-electron chi connectivity index (χ4n) is 0.959. The lowest BCUT2D eigenvalue weighted by molar-refractivity contribution is -0.137. The van der Waals surface area contributed by atoms with E-state index >= 15 is 0 Å². The molecule has 0 aliphatic rings. The van der Waals surface area contributed by atoms with Gasteiger partial charge in [-0.3, -0.25) is 14.5 Å². The quantitative estimate of drug-likeness (QED) is 0.597. The molecule has 0 bridgehead atoms. The van der Waals surface area contributed by atoms with Crippen LogP contribution in [-0.4, -0.2) is 41.0 Å². The summed E-state index contributed by atoms with van der Waals surface area (Å²) >= 11 is 0. The van der Waals surface area contributed by atoms with Gasteiger partial charge < -0.3 is 10.8 Å². The molecule has 5 nitrogen and oxygen atoms in total. The maximum Gasteiger partial charge on any atom is 0.304 e. The fourth-order valence-corrected chi connectivity index (χ4v) is 0.959. The molecule has 0 aliphatic carbocycles. The monoisotopic (exact) mass is 188 g/mol. The first kappa shape index (κ1) is 11.9. The first-order chi connectivity index (χ1) is 5.93. The minimum Gasteiger partial charge on any atom is -0.481 e. The highest BCUT2D eigenvalue weighted by Crippen LogP contribution is 1.98. The molecule has 13 heavy (non-hydrogen) atoms. The summed E-state index contributed by atoms with van der Waals surface area (Å²) in [7, 11) is 0. The molecule has 0 radical (unpaired) electrons. The van der Waals surface area contributed by atoms with Gasteiger partial charge in [-0.05, 0) is 13.8 Å². The number of nitrogens with zero attached hydrogens (tertiary/aromatic N) is 1. The number of hydrogen-bond donors (Lipinski definition) is 2. The maximum atomic E-state index is 10.6. The van der Waals surface area contributed by atoms with Crippen molar-refractivity contribution in [2.24, 2.45) is 5.73 Å². The fraction of sp³-hybridized carbons (Fsp3) is 0.750. The number of carbonyl (C=O) groups is 2. The summed E-state index contributed by atoms with van der Waals surface area (Å²) in [6.07, 6.45) is 0.0332. The van der Waals surface area contributed by atoms with Crippen molar-refractivity contribution in [2.45, 2.75) is 26.3 Å². The Balaban J connectivity index is 3.95. The van der Waals surface area contributed by atoms with Crippen molar-refractivity contribution in [3.63, 3.8) is 0 Å². The second kappa shape index (κ2) is 5.53. The van der Waals surface area contributed by atoms with Crippen LogP contribution < -0.4 is 5.73 Å². The lowest BCUT2D eigenvalue weighted by Crippen LogP contribution is -2.39. The molecule has 0 rings (SSSR count). The molecule has 0 aromatic rings. The first-order valence-electron chi connectivity index (χ1n) is 4.17. The number of carboxylic acids is 1. The van der Waals surface area contributed by atoms with E-state index < -0.39 is 11.9 Å². The zero-order valence-electron chi connectivity index (χ0n) is 7.99. The topological polar surface area (TPSA) is 83.6 Å². The Bertz CT molecular complexity index is 192. The van der Waals surface area contributed by atoms with Crippen LogP contribution in [0, 0.1) is 0 Å². The van der Waals surface area contributed by atoms with Gasteiger partial charge in [-0.25, -0.2) is 0 Å². The van der Waals surface area contributed by atoms with E-state index in [2.05, 4.69) is 0 Å². The molecule has 0 aromatic heterocycles. The molecule has 5 heteroatoms. The number of carbonyl (C=O) groups excluding carboxylic acids is 1. The number of amides is 1. The number of carboxylic acid groups (broad SMARTS) is 1. The summed E-state index contributed by atoms with van der Waals surface area (Å²) in [5.74, 6) is -1.30. The summed E-state index contributed by atoms with van der Waals surface area (Å²) < 4.78 is 0. The van der Waals surface area contributed by atoms with Gasteiger partial charge in [0.15, 0.2) is 0 Å². The molecule has 0 atom stereocenters. The summed E-state index contributed by atoms with van der Waals surface area (Å²) in [5.41, 5.74) is 5.01. The van der Waals surface area contributed by atoms with Gasteiger partial charge in [-0.2, -0.15) is 0 Å². The first-order valence-corrected chi connectivity index (χ1v) is 4.17. The van der Waals surface area contributed by atoms with Gasteiger partial charge in [0.1, 0.15) is 0 Å². The van der Waals surface area contributed by atoms with Crippen molar-refractivity contribution in [2.75, 3.05) is 13.1 Å². The molecular formula is C8H16N2O3. The second-order valence-corrected chi connectivity index (χ2v) is 3.17. The predicted molar refractivity (Wildman–Crippen MR) is 48.2 cm³/mol. The number of nitrogens with two attached hydrogens (primary N) is 1. The molecule has 0 saturated carbocycles. The summed E-state index contributed by atoms with van der Waals surface area (Å²) in [6, 6.07) is 0.131. The molecule has 3 N–H and O–H groups in total. The highest BCUT2D eigenvalue weighted by molar-refractivity contribution is 5.76. The van der Waals surface area contributed by atoms with E-state index in [1.54, 1.807) is 4.90 Å². The highest BCUT2D eigenvalue weighted by atomic mass is 16.4. The smallest absolute Gasteiger partial charge is 0.304 e. The van der Waals surface area contributed by atoms with Crippen molar-refractivity contribution in [1.29, 1.82) is 0 Å². The summed E-state index contributed by atoms with van der Waals surface area (Å²) in [5, 5.41) is 8.44. The molecule has 76 valence electrons. The molecular weight excluding hydrogens is 172 g/mol. The Hall–Kier alpha value is -1.10. The van der Waals surface area contributed by atoms with E-state index in [0.29, 0.717) is 6.54 Å². The molecule has 0 spiro atoms. The van der Waals surface area contributed by atoms with Gasteiger partial charge in [-0.1, -0.05) is 0 Å². The SMILES string of the molecule is CC(C)N(CCC(=O)O)CC(N)=O. The van der Waals surface area contributed by atoms with Gasteiger partial charge in [0.2, 0.25) is 5.91 Å². The summed E-state index contributed by atoms with van der Waals surface area (Å²) in [6.45, 7) is 4.26. The maximum absolute atomic E-state index is 10.6. The van der Waals surface area contributed by atoms with Crippen LogP contribution in [0.1, 0.15) is 20.3 Å². The largest absolute Gasteiger partial charge is 0.481 e. The molecule has 0 aromatic carbocycles. The standard InChI is InChI=1S/C8H16N2O3/c1-6(2)10(5-7(9)11)4-3-8(12)13/h6H,3-5H2,1-2H3,(H2,9,11)(H,12,13). The number of primary amides is 1. The molecule has 0 aliphatic heterocycles. The van der Waals surface area contributed by atoms with Crippen molar-refractivity contribution in [1.82, 2.24) is 4.90 Å². The van der Waals surface area contributed by atoms with Crippen LogP contribution >= 0.6 is 0 Å². The van der Waals surface area contributed by atoms with Crippen LogP contribution in [0.3, 0.4) is 0 Å². The van der Waals surface area contributed by atoms with Crippen molar-refractivity contribution >= 4 is 11.9 Å². The minimum absolute atomic E-state index is 0.0332. The van der Waals surface area contributed by atoms with Gasteiger partial charge in [0.05, 0.1) is 13.0 Å². The van der Waals surface area contributed by atoms with Crippen LogP contribution in [0.25, 0.3) is 0 Å². The Labute approximate surface area is 77.5 Å². The third-order valence-electron chi connectivity index (χ3n) is 1.70. The van der Waals surface area contributed by atoms with E-state index in [-0.39, 0.29) is 19.0 Å². The van der Waals surface area contributed by atoms with E-state index in [4.69, 9.17) is 10.8 Å². The van der Waals surface area contributed by atoms with Crippen LogP contribution in [0.2, 0.25) is 0 Å². The molecule has 1 amide bonds. The Kier molecular flexibility index (Phi) is 5.06. The van der Waals surface area contributed by atoms with E-state index in [1.165, 1.54) is 0 Å². The normalized spacial score (nSPS) is 10.8. The van der Waals surface area contributed by atoms with E-state index in [0.717, 1.165) is 0 Å². The van der Waals surface area contributed by atoms with Gasteiger partial charge in [0, 0.05) is 12.6 Å². The summed E-state index contributed by atoms with van der Waals surface area (Å²) in [4.78, 5) is 22.6. The van der Waals surface area contributed by atoms with Crippen LogP contribution in [0.4, 0.5) is 0 Å². The van der Waals surface area contributed by atoms with Crippen LogP contribution in [0.15, 0.2) is 0 Å². The Morgan fingerprint density at radius 3 is 2.31 bits per heavy atom. The predicted octanol–water partition coefficient (Wildman–Crippen LogP) is -0.343. The third kappa shape index (κ3) is 6.10. The zero-order chi connectivity index (χ0) is 10.4. The highest BCUT2D eigenvalue weighted by Gasteiger charge is 2.12. The lowest BCUT2D eigenvalue weighted by atomic mass is 10.3.